The van der Waals surface area contributed by atoms with Crippen LogP contribution in [0.1, 0.15) is 16.7 Å². The van der Waals surface area contributed by atoms with E-state index in [1.165, 1.54) is 10.8 Å². The third-order valence-electron chi connectivity index (χ3n) is 9.64. The highest BCUT2D eigenvalue weighted by Crippen LogP contribution is 2.42. The van der Waals surface area contributed by atoms with E-state index in [-0.39, 0.29) is 0 Å². The molecule has 2 aromatic heterocycles. The zero-order valence-electron chi connectivity index (χ0n) is 26.7. The molecule has 0 spiro atoms. The Bertz CT molecular complexity index is 2900. The van der Waals surface area contributed by atoms with E-state index >= 15 is 0 Å². The number of para-hydroxylation sites is 3. The van der Waals surface area contributed by atoms with Crippen molar-refractivity contribution in [2.75, 3.05) is 0 Å². The molecule has 0 unspecified atom stereocenters. The van der Waals surface area contributed by atoms with Crippen LogP contribution in [-0.2, 0) is 0 Å². The highest BCUT2D eigenvalue weighted by molar-refractivity contribution is 6.11. The van der Waals surface area contributed by atoms with Gasteiger partial charge in [0.15, 0.2) is 0 Å². The molecule has 0 aliphatic rings. The Balaban J connectivity index is 1.26. The van der Waals surface area contributed by atoms with Crippen molar-refractivity contribution in [3.63, 3.8) is 0 Å². The van der Waals surface area contributed by atoms with Gasteiger partial charge in [-0.1, -0.05) is 84.9 Å². The van der Waals surface area contributed by atoms with Gasteiger partial charge in [0.1, 0.15) is 0 Å². The molecule has 0 bridgehead atoms. The van der Waals surface area contributed by atoms with Gasteiger partial charge in [-0.2, -0.15) is 15.8 Å². The summed E-state index contributed by atoms with van der Waals surface area (Å²) < 4.78 is 4.44. The molecule has 2 heterocycles. The average Bonchev–Trinajstić information content (AvgIpc) is 3.69. The molecule has 0 atom stereocenters. The van der Waals surface area contributed by atoms with Gasteiger partial charge in [0, 0.05) is 38.4 Å². The summed E-state index contributed by atoms with van der Waals surface area (Å²) >= 11 is 0. The molecule has 0 saturated carbocycles. The standard InChI is InChI=1S/C45H25N5/c46-26-29-17-23-43-39(24-29)37-22-16-30(27-47)25-44(37)50(43)42-15-6-3-11-38(42)45-32(28-48)8-7-12-34(45)31-18-20-33(21-19-31)49-40-13-4-1-9-35(40)36-10-2-5-14-41(36)49/h1-25H. The highest BCUT2D eigenvalue weighted by Gasteiger charge is 2.21. The number of fused-ring (bicyclic) bond motifs is 6. The predicted octanol–water partition coefficient (Wildman–Crippen LogP) is 10.8. The molecule has 0 amide bonds. The second kappa shape index (κ2) is 11.4. The van der Waals surface area contributed by atoms with E-state index in [2.05, 4.69) is 118 Å². The van der Waals surface area contributed by atoms with Gasteiger partial charge < -0.3 is 9.13 Å². The Labute approximate surface area is 287 Å². The molecule has 0 aliphatic heterocycles. The summed E-state index contributed by atoms with van der Waals surface area (Å²) in [6.45, 7) is 0. The van der Waals surface area contributed by atoms with E-state index in [4.69, 9.17) is 0 Å². The number of rotatable bonds is 4. The number of hydrogen-bond donors (Lipinski definition) is 0. The van der Waals surface area contributed by atoms with Gasteiger partial charge >= 0.3 is 0 Å². The molecule has 9 aromatic rings. The fraction of sp³-hybridized carbons (Fsp3) is 0. The minimum Gasteiger partial charge on any atom is -0.309 e. The van der Waals surface area contributed by atoms with Crippen LogP contribution in [0.15, 0.2) is 152 Å². The Kier molecular flexibility index (Phi) is 6.56. The molecule has 5 nitrogen and oxygen atoms in total. The van der Waals surface area contributed by atoms with Crippen molar-refractivity contribution in [3.8, 4) is 51.8 Å². The summed E-state index contributed by atoms with van der Waals surface area (Å²) in [5.41, 5.74) is 11.3. The Morgan fingerprint density at radius 1 is 0.400 bits per heavy atom. The van der Waals surface area contributed by atoms with Crippen molar-refractivity contribution in [3.05, 3.63) is 168 Å². The van der Waals surface area contributed by atoms with Crippen molar-refractivity contribution in [2.24, 2.45) is 0 Å². The number of nitriles is 3. The zero-order chi connectivity index (χ0) is 33.8. The average molecular weight is 636 g/mol. The van der Waals surface area contributed by atoms with E-state index < -0.39 is 0 Å². The fourth-order valence-electron chi connectivity index (χ4n) is 7.47. The van der Waals surface area contributed by atoms with Gasteiger partial charge in [0.2, 0.25) is 0 Å². The lowest BCUT2D eigenvalue weighted by molar-refractivity contribution is 1.18. The third kappa shape index (κ3) is 4.31. The molecular formula is C45H25N5. The van der Waals surface area contributed by atoms with Gasteiger partial charge in [-0.25, -0.2) is 0 Å². The minimum absolute atomic E-state index is 0.543. The third-order valence-corrected chi connectivity index (χ3v) is 9.64. The summed E-state index contributed by atoms with van der Waals surface area (Å²) in [5, 5.41) is 34.3. The molecule has 0 N–H and O–H groups in total. The van der Waals surface area contributed by atoms with Crippen LogP contribution in [-0.4, -0.2) is 9.13 Å². The van der Waals surface area contributed by atoms with Gasteiger partial charge in [-0.15, -0.1) is 0 Å². The van der Waals surface area contributed by atoms with E-state index in [0.717, 1.165) is 66.5 Å². The first-order valence-electron chi connectivity index (χ1n) is 16.3. The fourth-order valence-corrected chi connectivity index (χ4v) is 7.47. The first-order valence-corrected chi connectivity index (χ1v) is 16.3. The molecule has 7 aromatic carbocycles. The van der Waals surface area contributed by atoms with Crippen LogP contribution in [0.3, 0.4) is 0 Å². The lowest BCUT2D eigenvalue weighted by atomic mass is 9.89. The van der Waals surface area contributed by atoms with E-state index in [1.807, 2.05) is 60.7 Å². The van der Waals surface area contributed by atoms with Crippen LogP contribution in [0, 0.1) is 34.0 Å². The zero-order valence-corrected chi connectivity index (χ0v) is 26.7. The molecule has 5 heteroatoms. The van der Waals surface area contributed by atoms with Crippen LogP contribution in [0.4, 0.5) is 0 Å². The quantitative estimate of drug-likeness (QED) is 0.193. The molecular weight excluding hydrogens is 611 g/mol. The molecule has 0 radical (unpaired) electrons. The molecule has 0 aliphatic carbocycles. The van der Waals surface area contributed by atoms with Crippen LogP contribution in [0.2, 0.25) is 0 Å². The maximum Gasteiger partial charge on any atom is 0.0998 e. The van der Waals surface area contributed by atoms with Crippen molar-refractivity contribution in [2.45, 2.75) is 0 Å². The van der Waals surface area contributed by atoms with Gasteiger partial charge in [0.25, 0.3) is 0 Å². The van der Waals surface area contributed by atoms with Crippen molar-refractivity contribution >= 4 is 43.6 Å². The number of benzene rings is 7. The summed E-state index contributed by atoms with van der Waals surface area (Å²) in [6.07, 6.45) is 0. The van der Waals surface area contributed by atoms with Crippen LogP contribution < -0.4 is 0 Å². The first-order chi connectivity index (χ1) is 24.7. The van der Waals surface area contributed by atoms with Gasteiger partial charge in [0.05, 0.1) is 62.7 Å². The Morgan fingerprint density at radius 2 is 1.00 bits per heavy atom. The first kappa shape index (κ1) is 28.8. The predicted molar refractivity (Wildman–Crippen MR) is 200 cm³/mol. The van der Waals surface area contributed by atoms with Crippen molar-refractivity contribution < 1.29 is 0 Å². The molecule has 230 valence electrons. The molecule has 0 fully saturated rings. The summed E-state index contributed by atoms with van der Waals surface area (Å²) in [6, 6.07) is 57.8. The maximum absolute atomic E-state index is 10.5. The highest BCUT2D eigenvalue weighted by atomic mass is 15.0. The van der Waals surface area contributed by atoms with Crippen molar-refractivity contribution in [1.82, 2.24) is 9.13 Å². The number of aromatic nitrogens is 2. The van der Waals surface area contributed by atoms with Crippen LogP contribution in [0.5, 0.6) is 0 Å². The normalized spacial score (nSPS) is 11.1. The second-order valence-electron chi connectivity index (χ2n) is 12.3. The van der Waals surface area contributed by atoms with E-state index in [9.17, 15) is 15.8 Å². The summed E-state index contributed by atoms with van der Waals surface area (Å²) in [7, 11) is 0. The monoisotopic (exact) mass is 635 g/mol. The van der Waals surface area contributed by atoms with Gasteiger partial charge in [-0.05, 0) is 77.9 Å². The summed E-state index contributed by atoms with van der Waals surface area (Å²) in [4.78, 5) is 0. The Morgan fingerprint density at radius 3 is 1.72 bits per heavy atom. The maximum atomic E-state index is 10.5. The topological polar surface area (TPSA) is 81.2 Å². The number of hydrogen-bond acceptors (Lipinski definition) is 3. The van der Waals surface area contributed by atoms with Crippen LogP contribution >= 0.6 is 0 Å². The van der Waals surface area contributed by atoms with Crippen molar-refractivity contribution in [1.29, 1.82) is 15.8 Å². The lowest BCUT2D eigenvalue weighted by Gasteiger charge is -2.18. The molecule has 9 rings (SSSR count). The smallest absolute Gasteiger partial charge is 0.0998 e. The Hall–Kier alpha value is -7.39. The number of nitrogens with zero attached hydrogens (tertiary/aromatic N) is 5. The lowest BCUT2D eigenvalue weighted by Crippen LogP contribution is -2.00. The van der Waals surface area contributed by atoms with E-state index in [1.54, 1.807) is 0 Å². The second-order valence-corrected chi connectivity index (χ2v) is 12.3. The van der Waals surface area contributed by atoms with Crippen LogP contribution in [0.25, 0.3) is 77.2 Å². The van der Waals surface area contributed by atoms with Gasteiger partial charge in [-0.3, -0.25) is 0 Å². The summed E-state index contributed by atoms with van der Waals surface area (Å²) in [5.74, 6) is 0. The molecule has 50 heavy (non-hydrogen) atoms. The van der Waals surface area contributed by atoms with E-state index in [0.29, 0.717) is 16.7 Å². The largest absolute Gasteiger partial charge is 0.309 e. The molecule has 0 saturated heterocycles. The SMILES string of the molecule is N#Cc1ccc2c(c1)c1ccc(C#N)cc1n2-c1ccccc1-c1c(C#N)cccc1-c1ccc(-n2c3ccccc3c3ccccc32)cc1. The minimum atomic E-state index is 0.543.